The molecule has 0 spiro atoms. The fraction of sp³-hybridized carbons (Fsp3) is 0.923. The van der Waals surface area contributed by atoms with Crippen LogP contribution in [0, 0.1) is 17.8 Å². The van der Waals surface area contributed by atoms with Gasteiger partial charge in [-0.2, -0.15) is 0 Å². The second-order valence-corrected chi connectivity index (χ2v) is 5.60. The van der Waals surface area contributed by atoms with E-state index in [2.05, 4.69) is 6.92 Å². The summed E-state index contributed by atoms with van der Waals surface area (Å²) >= 11 is 0. The number of aliphatic hydroxyl groups is 1. The minimum absolute atomic E-state index is 0.0880. The molecule has 0 aromatic carbocycles. The van der Waals surface area contributed by atoms with Crippen LogP contribution in [0.5, 0.6) is 0 Å². The van der Waals surface area contributed by atoms with Crippen molar-refractivity contribution >= 4 is 5.97 Å². The summed E-state index contributed by atoms with van der Waals surface area (Å²) in [5, 5.41) is 19.7. The van der Waals surface area contributed by atoms with Crippen LogP contribution in [-0.2, 0) is 4.79 Å². The van der Waals surface area contributed by atoms with Crippen molar-refractivity contribution < 1.29 is 15.0 Å². The van der Waals surface area contributed by atoms with Gasteiger partial charge in [-0.25, -0.2) is 4.79 Å². The highest BCUT2D eigenvalue weighted by molar-refractivity contribution is 5.77. The third kappa shape index (κ3) is 2.57. The Bertz CT molecular complexity index is 250. The summed E-state index contributed by atoms with van der Waals surface area (Å²) in [7, 11) is 0. The first-order chi connectivity index (χ1) is 7.39. The van der Waals surface area contributed by atoms with Gasteiger partial charge in [-0.1, -0.05) is 40.0 Å². The van der Waals surface area contributed by atoms with Crippen molar-refractivity contribution in [3.63, 3.8) is 0 Å². The second-order valence-electron chi connectivity index (χ2n) is 5.60. The molecule has 16 heavy (non-hydrogen) atoms. The van der Waals surface area contributed by atoms with Crippen molar-refractivity contribution in [2.24, 2.45) is 17.8 Å². The van der Waals surface area contributed by atoms with E-state index in [0.29, 0.717) is 5.92 Å². The van der Waals surface area contributed by atoms with Gasteiger partial charge in [0, 0.05) is 0 Å². The lowest BCUT2D eigenvalue weighted by Gasteiger charge is -2.35. The van der Waals surface area contributed by atoms with Gasteiger partial charge in [-0.3, -0.25) is 0 Å². The fourth-order valence-electron chi connectivity index (χ4n) is 2.82. The standard InChI is InChI=1S/C13H24O3/c1-9(2)13(16,12(14)15)11-6-4-5-10(3)7-8-11/h9-11,16H,4-8H2,1-3H3,(H,14,15). The van der Waals surface area contributed by atoms with Gasteiger partial charge in [-0.15, -0.1) is 0 Å². The molecule has 1 aliphatic rings. The third-order valence-corrected chi connectivity index (χ3v) is 4.10. The van der Waals surface area contributed by atoms with Crippen molar-refractivity contribution in [1.82, 2.24) is 0 Å². The van der Waals surface area contributed by atoms with Crippen LogP contribution in [-0.4, -0.2) is 21.8 Å². The quantitative estimate of drug-likeness (QED) is 0.730. The van der Waals surface area contributed by atoms with E-state index in [4.69, 9.17) is 0 Å². The molecule has 0 radical (unpaired) electrons. The van der Waals surface area contributed by atoms with E-state index < -0.39 is 11.6 Å². The van der Waals surface area contributed by atoms with Gasteiger partial charge >= 0.3 is 5.97 Å². The Hall–Kier alpha value is -0.570. The molecule has 1 saturated carbocycles. The lowest BCUT2D eigenvalue weighted by atomic mass is 9.75. The molecule has 0 aliphatic heterocycles. The van der Waals surface area contributed by atoms with Gasteiger partial charge < -0.3 is 10.2 Å². The first kappa shape index (κ1) is 13.5. The SMILES string of the molecule is CC1CCCC(C(O)(C(=O)O)C(C)C)CC1. The van der Waals surface area contributed by atoms with Gasteiger partial charge in [0.15, 0.2) is 5.60 Å². The third-order valence-electron chi connectivity index (χ3n) is 4.10. The molecule has 0 bridgehead atoms. The highest BCUT2D eigenvalue weighted by Gasteiger charge is 2.46. The van der Waals surface area contributed by atoms with Crippen LogP contribution in [0.25, 0.3) is 0 Å². The minimum atomic E-state index is -1.54. The van der Waals surface area contributed by atoms with Crippen LogP contribution < -0.4 is 0 Å². The largest absolute Gasteiger partial charge is 0.479 e. The fourth-order valence-corrected chi connectivity index (χ4v) is 2.82. The average molecular weight is 228 g/mol. The highest BCUT2D eigenvalue weighted by Crippen LogP contribution is 2.37. The molecular weight excluding hydrogens is 204 g/mol. The van der Waals surface area contributed by atoms with E-state index in [1.807, 2.05) is 0 Å². The maximum Gasteiger partial charge on any atom is 0.336 e. The van der Waals surface area contributed by atoms with Crippen LogP contribution in [0.2, 0.25) is 0 Å². The smallest absolute Gasteiger partial charge is 0.336 e. The molecule has 3 atom stereocenters. The molecule has 1 aliphatic carbocycles. The summed E-state index contributed by atoms with van der Waals surface area (Å²) in [6.07, 6.45) is 4.90. The summed E-state index contributed by atoms with van der Waals surface area (Å²) < 4.78 is 0. The predicted molar refractivity (Wildman–Crippen MR) is 63.2 cm³/mol. The zero-order valence-electron chi connectivity index (χ0n) is 10.6. The number of carboxylic acid groups (broad SMARTS) is 1. The predicted octanol–water partition coefficient (Wildman–Crippen LogP) is 2.67. The summed E-state index contributed by atoms with van der Waals surface area (Å²) in [5.41, 5.74) is -1.54. The van der Waals surface area contributed by atoms with Crippen LogP contribution in [0.1, 0.15) is 52.9 Å². The van der Waals surface area contributed by atoms with E-state index in [1.54, 1.807) is 13.8 Å². The average Bonchev–Trinajstić information content (AvgIpc) is 2.41. The maximum atomic E-state index is 11.3. The van der Waals surface area contributed by atoms with E-state index >= 15 is 0 Å². The number of hydrogen-bond acceptors (Lipinski definition) is 2. The van der Waals surface area contributed by atoms with Crippen LogP contribution in [0.15, 0.2) is 0 Å². The normalized spacial score (nSPS) is 30.8. The van der Waals surface area contributed by atoms with Crippen molar-refractivity contribution in [1.29, 1.82) is 0 Å². The number of aliphatic carboxylic acids is 1. The lowest BCUT2D eigenvalue weighted by Crippen LogP contribution is -2.50. The van der Waals surface area contributed by atoms with E-state index in [0.717, 1.165) is 32.1 Å². The molecule has 0 heterocycles. The molecule has 3 unspecified atom stereocenters. The van der Waals surface area contributed by atoms with Crippen molar-refractivity contribution in [3.8, 4) is 0 Å². The molecule has 1 rings (SSSR count). The molecule has 0 amide bonds. The molecule has 0 saturated heterocycles. The molecule has 3 heteroatoms. The Morgan fingerprint density at radius 2 is 1.88 bits per heavy atom. The summed E-state index contributed by atoms with van der Waals surface area (Å²) in [6, 6.07) is 0. The van der Waals surface area contributed by atoms with E-state index in [9.17, 15) is 15.0 Å². The Labute approximate surface area is 97.9 Å². The van der Waals surface area contributed by atoms with Crippen molar-refractivity contribution in [2.45, 2.75) is 58.5 Å². The Morgan fingerprint density at radius 3 is 2.38 bits per heavy atom. The Morgan fingerprint density at radius 1 is 1.25 bits per heavy atom. The zero-order valence-corrected chi connectivity index (χ0v) is 10.6. The van der Waals surface area contributed by atoms with Crippen LogP contribution >= 0.6 is 0 Å². The molecule has 3 nitrogen and oxygen atoms in total. The topological polar surface area (TPSA) is 57.5 Å². The molecule has 2 N–H and O–H groups in total. The summed E-state index contributed by atoms with van der Waals surface area (Å²) in [5.74, 6) is -0.712. The lowest BCUT2D eigenvalue weighted by molar-refractivity contribution is -0.172. The monoisotopic (exact) mass is 228 g/mol. The Balaban J connectivity index is 2.82. The van der Waals surface area contributed by atoms with Crippen molar-refractivity contribution in [2.75, 3.05) is 0 Å². The van der Waals surface area contributed by atoms with Crippen molar-refractivity contribution in [3.05, 3.63) is 0 Å². The van der Waals surface area contributed by atoms with Gasteiger partial charge in [0.2, 0.25) is 0 Å². The van der Waals surface area contributed by atoms with E-state index in [1.165, 1.54) is 0 Å². The molecule has 94 valence electrons. The van der Waals surface area contributed by atoms with Crippen LogP contribution in [0.4, 0.5) is 0 Å². The first-order valence-electron chi connectivity index (χ1n) is 6.34. The first-order valence-corrected chi connectivity index (χ1v) is 6.34. The number of carbonyl (C=O) groups is 1. The van der Waals surface area contributed by atoms with Gasteiger partial charge in [0.1, 0.15) is 0 Å². The number of hydrogen-bond donors (Lipinski definition) is 2. The number of rotatable bonds is 3. The summed E-state index contributed by atoms with van der Waals surface area (Å²) in [4.78, 5) is 11.3. The maximum absolute atomic E-state index is 11.3. The molecule has 0 aromatic rings. The second kappa shape index (κ2) is 5.17. The van der Waals surface area contributed by atoms with E-state index in [-0.39, 0.29) is 11.8 Å². The minimum Gasteiger partial charge on any atom is -0.479 e. The van der Waals surface area contributed by atoms with Gasteiger partial charge in [-0.05, 0) is 30.6 Å². The molecule has 1 fully saturated rings. The zero-order chi connectivity index (χ0) is 12.3. The Kier molecular flexibility index (Phi) is 4.36. The van der Waals surface area contributed by atoms with Gasteiger partial charge in [0.25, 0.3) is 0 Å². The highest BCUT2D eigenvalue weighted by atomic mass is 16.4. The summed E-state index contributed by atoms with van der Waals surface area (Å²) in [6.45, 7) is 5.79. The molecular formula is C13H24O3. The molecule has 0 aromatic heterocycles. The van der Waals surface area contributed by atoms with Gasteiger partial charge in [0.05, 0.1) is 0 Å². The number of carboxylic acids is 1. The van der Waals surface area contributed by atoms with Crippen LogP contribution in [0.3, 0.4) is 0 Å².